The van der Waals surface area contributed by atoms with Crippen LogP contribution in [0, 0.1) is 0 Å². The van der Waals surface area contributed by atoms with Crippen molar-refractivity contribution < 1.29 is 28.6 Å². The topological polar surface area (TPSA) is 90.9 Å². The highest BCUT2D eigenvalue weighted by atomic mass is 16.6. The maximum absolute atomic E-state index is 11.2. The Morgan fingerprint density at radius 2 is 1.53 bits per heavy atom. The standard InChI is InChI=1S/C12H17NO6/c1-5-9(14)18-7-12(3,13-11(16)17-4)8-19-10(15)6-2/h5-6H,1-2,7-8H2,3-4H3,(H,13,16). The quantitative estimate of drug-likeness (QED) is 0.413. The van der Waals surface area contributed by atoms with E-state index in [1.165, 1.54) is 14.0 Å². The van der Waals surface area contributed by atoms with E-state index < -0.39 is 23.6 Å². The summed E-state index contributed by atoms with van der Waals surface area (Å²) < 4.78 is 14.1. The van der Waals surface area contributed by atoms with E-state index in [1.54, 1.807) is 0 Å². The summed E-state index contributed by atoms with van der Waals surface area (Å²) in [6.45, 7) is 7.58. The van der Waals surface area contributed by atoms with Gasteiger partial charge in [-0.3, -0.25) is 0 Å². The van der Waals surface area contributed by atoms with Crippen molar-refractivity contribution in [1.29, 1.82) is 0 Å². The normalized spacial score (nSPS) is 10.0. The van der Waals surface area contributed by atoms with Gasteiger partial charge in [-0.2, -0.15) is 0 Å². The van der Waals surface area contributed by atoms with Gasteiger partial charge in [-0.1, -0.05) is 13.2 Å². The molecule has 0 saturated heterocycles. The van der Waals surface area contributed by atoms with Gasteiger partial charge < -0.3 is 19.5 Å². The summed E-state index contributed by atoms with van der Waals surface area (Å²) >= 11 is 0. The van der Waals surface area contributed by atoms with Crippen LogP contribution in [0.1, 0.15) is 6.92 Å². The number of alkyl carbamates (subject to hydrolysis) is 1. The minimum Gasteiger partial charge on any atom is -0.460 e. The van der Waals surface area contributed by atoms with E-state index in [0.717, 1.165) is 12.2 Å². The van der Waals surface area contributed by atoms with Crippen molar-refractivity contribution in [3.8, 4) is 0 Å². The molecule has 0 spiro atoms. The van der Waals surface area contributed by atoms with Crippen LogP contribution in [-0.4, -0.2) is 43.9 Å². The predicted molar refractivity (Wildman–Crippen MR) is 66.3 cm³/mol. The number of ether oxygens (including phenoxy) is 3. The van der Waals surface area contributed by atoms with Crippen molar-refractivity contribution >= 4 is 18.0 Å². The molecule has 0 aliphatic rings. The molecule has 0 rings (SSSR count). The second-order valence-electron chi connectivity index (χ2n) is 3.80. The summed E-state index contributed by atoms with van der Waals surface area (Å²) in [6.07, 6.45) is 1.22. The van der Waals surface area contributed by atoms with Crippen LogP contribution in [0.15, 0.2) is 25.3 Å². The third-order valence-corrected chi connectivity index (χ3v) is 1.99. The van der Waals surface area contributed by atoms with Crippen LogP contribution >= 0.6 is 0 Å². The Hall–Kier alpha value is -2.31. The summed E-state index contributed by atoms with van der Waals surface area (Å²) in [5, 5.41) is 2.42. The van der Waals surface area contributed by atoms with Gasteiger partial charge in [-0.15, -0.1) is 0 Å². The number of esters is 2. The van der Waals surface area contributed by atoms with Crippen LogP contribution in [0.4, 0.5) is 4.79 Å². The van der Waals surface area contributed by atoms with Crippen molar-refractivity contribution in [2.75, 3.05) is 20.3 Å². The van der Waals surface area contributed by atoms with Crippen LogP contribution in [-0.2, 0) is 23.8 Å². The number of carbonyl (C=O) groups is 3. The van der Waals surface area contributed by atoms with Crippen molar-refractivity contribution in [2.45, 2.75) is 12.5 Å². The molecule has 0 unspecified atom stereocenters. The molecule has 0 bridgehead atoms. The summed E-state index contributed by atoms with van der Waals surface area (Å²) in [5.41, 5.74) is -1.12. The fraction of sp³-hybridized carbons (Fsp3) is 0.417. The molecule has 0 atom stereocenters. The number of carbonyl (C=O) groups excluding carboxylic acids is 3. The highest BCUT2D eigenvalue weighted by Gasteiger charge is 2.30. The number of rotatable bonds is 7. The molecule has 1 amide bonds. The molecule has 7 nitrogen and oxygen atoms in total. The van der Waals surface area contributed by atoms with Crippen LogP contribution in [0.25, 0.3) is 0 Å². The molecule has 1 N–H and O–H groups in total. The largest absolute Gasteiger partial charge is 0.460 e. The SMILES string of the molecule is C=CC(=O)OCC(C)(COC(=O)C=C)NC(=O)OC. The van der Waals surface area contributed by atoms with E-state index in [0.29, 0.717) is 0 Å². The molecule has 7 heteroatoms. The summed E-state index contributed by atoms with van der Waals surface area (Å²) in [6, 6.07) is 0. The maximum Gasteiger partial charge on any atom is 0.407 e. The Kier molecular flexibility index (Phi) is 6.95. The van der Waals surface area contributed by atoms with Crippen molar-refractivity contribution in [3.05, 3.63) is 25.3 Å². The zero-order valence-electron chi connectivity index (χ0n) is 10.9. The first kappa shape index (κ1) is 16.7. The van der Waals surface area contributed by atoms with Gasteiger partial charge in [0, 0.05) is 12.2 Å². The van der Waals surface area contributed by atoms with Crippen LogP contribution < -0.4 is 5.32 Å². The van der Waals surface area contributed by atoms with Gasteiger partial charge in [0.05, 0.1) is 7.11 Å². The molecule has 106 valence electrons. The zero-order valence-corrected chi connectivity index (χ0v) is 10.9. The number of hydrogen-bond donors (Lipinski definition) is 1. The fourth-order valence-corrected chi connectivity index (χ4v) is 0.990. The van der Waals surface area contributed by atoms with E-state index in [1.807, 2.05) is 0 Å². The first-order valence-corrected chi connectivity index (χ1v) is 5.31. The molecule has 0 aromatic heterocycles. The van der Waals surface area contributed by atoms with Gasteiger partial charge in [0.25, 0.3) is 0 Å². The molecule has 0 heterocycles. The minimum atomic E-state index is -1.12. The Bertz CT molecular complexity index is 352. The number of nitrogens with one attached hydrogen (secondary N) is 1. The number of amides is 1. The highest BCUT2D eigenvalue weighted by Crippen LogP contribution is 2.07. The van der Waals surface area contributed by atoms with Gasteiger partial charge in [0.15, 0.2) is 0 Å². The zero-order chi connectivity index (χ0) is 14.9. The fourth-order valence-electron chi connectivity index (χ4n) is 0.990. The lowest BCUT2D eigenvalue weighted by molar-refractivity contribution is -0.144. The predicted octanol–water partition coefficient (Wildman–Crippen LogP) is 0.559. The van der Waals surface area contributed by atoms with Crippen LogP contribution in [0.3, 0.4) is 0 Å². The molecule has 0 aromatic carbocycles. The average Bonchev–Trinajstić information content (AvgIpc) is 2.42. The van der Waals surface area contributed by atoms with E-state index in [2.05, 4.69) is 23.2 Å². The Morgan fingerprint density at radius 1 is 1.11 bits per heavy atom. The Balaban J connectivity index is 4.64. The smallest absolute Gasteiger partial charge is 0.407 e. The second kappa shape index (κ2) is 7.91. The third-order valence-electron chi connectivity index (χ3n) is 1.99. The average molecular weight is 271 g/mol. The molecule has 0 radical (unpaired) electrons. The Labute approximate surface area is 111 Å². The lowest BCUT2D eigenvalue weighted by Gasteiger charge is -2.28. The molecular formula is C12H17NO6. The highest BCUT2D eigenvalue weighted by molar-refractivity contribution is 5.81. The van der Waals surface area contributed by atoms with Gasteiger partial charge in [0.1, 0.15) is 18.8 Å². The van der Waals surface area contributed by atoms with Gasteiger partial charge in [0.2, 0.25) is 0 Å². The molecule has 0 aliphatic heterocycles. The minimum absolute atomic E-state index is 0.211. The third kappa shape index (κ3) is 6.87. The molecule has 19 heavy (non-hydrogen) atoms. The van der Waals surface area contributed by atoms with Crippen molar-refractivity contribution in [3.63, 3.8) is 0 Å². The molecule has 0 aromatic rings. The van der Waals surface area contributed by atoms with E-state index in [4.69, 9.17) is 9.47 Å². The first-order valence-electron chi connectivity index (χ1n) is 5.31. The van der Waals surface area contributed by atoms with E-state index >= 15 is 0 Å². The monoisotopic (exact) mass is 271 g/mol. The summed E-state index contributed by atoms with van der Waals surface area (Å²) in [5.74, 6) is -1.32. The molecule has 0 saturated carbocycles. The van der Waals surface area contributed by atoms with E-state index in [-0.39, 0.29) is 13.2 Å². The Morgan fingerprint density at radius 3 is 1.84 bits per heavy atom. The van der Waals surface area contributed by atoms with Crippen molar-refractivity contribution in [1.82, 2.24) is 5.32 Å². The van der Waals surface area contributed by atoms with Gasteiger partial charge >= 0.3 is 18.0 Å². The molecule has 0 aliphatic carbocycles. The lowest BCUT2D eigenvalue weighted by Crippen LogP contribution is -2.53. The molecule has 0 fully saturated rings. The second-order valence-corrected chi connectivity index (χ2v) is 3.80. The lowest BCUT2D eigenvalue weighted by atomic mass is 10.1. The van der Waals surface area contributed by atoms with Crippen molar-refractivity contribution in [2.24, 2.45) is 0 Å². The van der Waals surface area contributed by atoms with Crippen LogP contribution in [0.5, 0.6) is 0 Å². The summed E-state index contributed by atoms with van der Waals surface area (Å²) in [4.78, 5) is 33.2. The number of methoxy groups -OCH3 is 1. The van der Waals surface area contributed by atoms with Gasteiger partial charge in [-0.05, 0) is 6.92 Å². The number of hydrogen-bond acceptors (Lipinski definition) is 6. The molecular weight excluding hydrogens is 254 g/mol. The van der Waals surface area contributed by atoms with Crippen LogP contribution in [0.2, 0.25) is 0 Å². The van der Waals surface area contributed by atoms with Gasteiger partial charge in [-0.25, -0.2) is 14.4 Å². The maximum atomic E-state index is 11.2. The first-order chi connectivity index (χ1) is 8.86. The summed E-state index contributed by atoms with van der Waals surface area (Å²) in [7, 11) is 1.18. The van der Waals surface area contributed by atoms with E-state index in [9.17, 15) is 14.4 Å².